The fourth-order valence-electron chi connectivity index (χ4n) is 4.93. The van der Waals surface area contributed by atoms with Crippen LogP contribution in [0.15, 0.2) is 83.6 Å². The summed E-state index contributed by atoms with van der Waals surface area (Å²) in [6.45, 7) is 3.18. The Morgan fingerprint density at radius 1 is 0.878 bits per heavy atom. The molecule has 218 valence electrons. The van der Waals surface area contributed by atoms with E-state index in [1.165, 1.54) is 29.4 Å². The summed E-state index contributed by atoms with van der Waals surface area (Å²) in [5, 5.41) is 7.16. The average molecular weight is 558 g/mol. The largest absolute Gasteiger partial charge is 0.489 e. The third kappa shape index (κ3) is 8.60. The van der Waals surface area contributed by atoms with E-state index in [0.29, 0.717) is 30.2 Å². The lowest BCUT2D eigenvalue weighted by molar-refractivity contribution is 0.153. The predicted octanol–water partition coefficient (Wildman–Crippen LogP) is 3.64. The van der Waals surface area contributed by atoms with Crippen LogP contribution in [0, 0.1) is 6.92 Å². The molecule has 1 aliphatic carbocycles. The molecule has 1 aliphatic rings. The zero-order valence-corrected chi connectivity index (χ0v) is 24.1. The number of likely N-dealkylation sites (N-methyl/N-ethyl adjacent to an activating group) is 1. The standard InChI is InChI=1S/C31H43N9O/c1-23-29(41-26-16-10-5-11-17-26)19-18-27(36-23)30(32)28(38(2)34)22-40(35)37-31(33)39(20-24-12-6-3-7-13-24)21-25-14-8-4-9-15-25/h3-4,6-9,12-15,18-19,26H,5,10-11,16-17,20-22,32,34-35H2,1-2H3,(H2,33,37)/b30-28-. The highest BCUT2D eigenvalue weighted by molar-refractivity contribution is 5.77. The quantitative estimate of drug-likeness (QED) is 0.120. The molecule has 10 nitrogen and oxygen atoms in total. The first-order valence-corrected chi connectivity index (χ1v) is 14.1. The number of hydrogen-bond acceptors (Lipinski definition) is 8. The molecule has 8 N–H and O–H groups in total. The maximum atomic E-state index is 6.57. The number of ether oxygens (including phenoxy) is 1. The van der Waals surface area contributed by atoms with Crippen LogP contribution >= 0.6 is 0 Å². The van der Waals surface area contributed by atoms with Gasteiger partial charge in [-0.2, -0.15) is 0 Å². The molecule has 1 saturated carbocycles. The van der Waals surface area contributed by atoms with E-state index < -0.39 is 0 Å². The molecule has 10 heteroatoms. The highest BCUT2D eigenvalue weighted by Crippen LogP contribution is 2.26. The van der Waals surface area contributed by atoms with Gasteiger partial charge in [0.2, 0.25) is 5.96 Å². The van der Waals surface area contributed by atoms with Crippen molar-refractivity contribution in [2.45, 2.75) is 58.2 Å². The molecule has 2 aromatic carbocycles. The number of benzene rings is 2. The second-order valence-electron chi connectivity index (χ2n) is 10.5. The topological polar surface area (TPSA) is 148 Å². The molecule has 0 aliphatic heterocycles. The van der Waals surface area contributed by atoms with E-state index in [2.05, 4.69) is 29.4 Å². The Morgan fingerprint density at radius 2 is 1.46 bits per heavy atom. The van der Waals surface area contributed by atoms with Crippen LogP contribution in [-0.4, -0.2) is 45.7 Å². The van der Waals surface area contributed by atoms with Gasteiger partial charge in [0.1, 0.15) is 5.75 Å². The lowest BCUT2D eigenvalue weighted by Crippen LogP contribution is -2.42. The SMILES string of the molecule is Cc1nc(/C(N)=C(\CN(N)/N=C(\N)N(Cc2ccccc2)Cc2ccccc2)N(C)N)ccc1OC1CCCCC1. The lowest BCUT2D eigenvalue weighted by Gasteiger charge is -2.27. The van der Waals surface area contributed by atoms with Crippen molar-refractivity contribution in [1.29, 1.82) is 0 Å². The molecule has 1 fully saturated rings. The first kappa shape index (κ1) is 29.7. The van der Waals surface area contributed by atoms with Crippen molar-refractivity contribution in [2.24, 2.45) is 28.3 Å². The number of pyridine rings is 1. The van der Waals surface area contributed by atoms with Crippen molar-refractivity contribution in [3.63, 3.8) is 0 Å². The van der Waals surface area contributed by atoms with E-state index in [4.69, 9.17) is 32.9 Å². The van der Waals surface area contributed by atoms with Crippen LogP contribution < -0.4 is 27.9 Å². The third-order valence-electron chi connectivity index (χ3n) is 7.19. The first-order chi connectivity index (χ1) is 19.8. The number of guanidine groups is 1. The van der Waals surface area contributed by atoms with Crippen LogP contribution in [0.1, 0.15) is 54.6 Å². The van der Waals surface area contributed by atoms with Crippen LogP contribution in [0.3, 0.4) is 0 Å². The van der Waals surface area contributed by atoms with Crippen LogP contribution in [0.25, 0.3) is 5.70 Å². The van der Waals surface area contributed by atoms with E-state index >= 15 is 0 Å². The van der Waals surface area contributed by atoms with Gasteiger partial charge in [-0.1, -0.05) is 67.1 Å². The Labute approximate surface area is 243 Å². The normalized spacial score (nSPS) is 14.8. The number of aromatic nitrogens is 1. The molecule has 0 radical (unpaired) electrons. The molecule has 41 heavy (non-hydrogen) atoms. The van der Waals surface area contributed by atoms with Gasteiger partial charge in [0.15, 0.2) is 0 Å². The van der Waals surface area contributed by atoms with Gasteiger partial charge in [-0.15, -0.1) is 5.10 Å². The van der Waals surface area contributed by atoms with E-state index in [-0.39, 0.29) is 18.6 Å². The summed E-state index contributed by atoms with van der Waals surface area (Å²) in [6, 6.07) is 24.0. The molecule has 0 atom stereocenters. The van der Waals surface area contributed by atoms with Crippen molar-refractivity contribution >= 4 is 11.7 Å². The summed E-state index contributed by atoms with van der Waals surface area (Å²) < 4.78 is 6.23. The van der Waals surface area contributed by atoms with Gasteiger partial charge in [0.25, 0.3) is 0 Å². The van der Waals surface area contributed by atoms with Gasteiger partial charge < -0.3 is 26.1 Å². The summed E-state index contributed by atoms with van der Waals surface area (Å²) in [7, 11) is 1.70. The Morgan fingerprint density at radius 3 is 2.00 bits per heavy atom. The smallest absolute Gasteiger partial charge is 0.216 e. The molecule has 0 saturated heterocycles. The molecule has 1 heterocycles. The molecule has 0 bridgehead atoms. The fourth-order valence-corrected chi connectivity index (χ4v) is 4.93. The Balaban J connectivity index is 1.51. The molecular weight excluding hydrogens is 514 g/mol. The van der Waals surface area contributed by atoms with Crippen molar-refractivity contribution in [1.82, 2.24) is 20.0 Å². The number of hydrogen-bond donors (Lipinski definition) is 4. The second-order valence-corrected chi connectivity index (χ2v) is 10.5. The highest BCUT2D eigenvalue weighted by atomic mass is 16.5. The molecule has 3 aromatic rings. The van der Waals surface area contributed by atoms with Crippen LogP contribution in [0.5, 0.6) is 5.75 Å². The van der Waals surface area contributed by atoms with Gasteiger partial charge in [-0.3, -0.25) is 0 Å². The van der Waals surface area contributed by atoms with Gasteiger partial charge in [-0.05, 0) is 55.9 Å². The lowest BCUT2D eigenvalue weighted by atomic mass is 9.98. The Hall–Kier alpha value is -4.28. The number of nitrogens with two attached hydrogens (primary N) is 4. The Kier molecular flexibility index (Phi) is 10.4. The summed E-state index contributed by atoms with van der Waals surface area (Å²) in [5.41, 5.74) is 17.6. The van der Waals surface area contributed by atoms with Crippen molar-refractivity contribution in [3.05, 3.63) is 101 Å². The molecule has 1 aromatic heterocycles. The zero-order valence-electron chi connectivity index (χ0n) is 24.1. The molecule has 4 rings (SSSR count). The summed E-state index contributed by atoms with van der Waals surface area (Å²) in [4.78, 5) is 6.69. The van der Waals surface area contributed by atoms with Gasteiger partial charge in [-0.25, -0.2) is 21.8 Å². The molecule has 0 spiro atoms. The molecule has 0 unspecified atom stereocenters. The van der Waals surface area contributed by atoms with E-state index in [1.54, 1.807) is 7.05 Å². The minimum Gasteiger partial charge on any atom is -0.489 e. The summed E-state index contributed by atoms with van der Waals surface area (Å²) in [5.74, 6) is 13.6. The summed E-state index contributed by atoms with van der Waals surface area (Å²) >= 11 is 0. The summed E-state index contributed by atoms with van der Waals surface area (Å²) in [6.07, 6.45) is 6.08. The van der Waals surface area contributed by atoms with Crippen molar-refractivity contribution in [2.75, 3.05) is 13.6 Å². The fraction of sp³-hybridized carbons (Fsp3) is 0.355. The highest BCUT2D eigenvalue weighted by Gasteiger charge is 2.19. The third-order valence-corrected chi connectivity index (χ3v) is 7.19. The van der Waals surface area contributed by atoms with E-state index in [1.807, 2.05) is 60.4 Å². The molecular formula is C31H43N9O. The number of hydrazone groups is 1. The monoisotopic (exact) mass is 557 g/mol. The van der Waals surface area contributed by atoms with Crippen LogP contribution in [0.2, 0.25) is 0 Å². The maximum absolute atomic E-state index is 6.57. The molecule has 0 amide bonds. The number of rotatable bonds is 11. The zero-order chi connectivity index (χ0) is 29.2. The number of aryl methyl sites for hydroxylation is 1. The van der Waals surface area contributed by atoms with Gasteiger partial charge >= 0.3 is 0 Å². The van der Waals surface area contributed by atoms with E-state index in [9.17, 15) is 0 Å². The van der Waals surface area contributed by atoms with Crippen molar-refractivity contribution < 1.29 is 4.74 Å². The van der Waals surface area contributed by atoms with Crippen molar-refractivity contribution in [3.8, 4) is 5.75 Å². The Bertz CT molecular complexity index is 1260. The second kappa shape index (κ2) is 14.4. The minimum absolute atomic E-state index is 0.116. The number of nitrogens with zero attached hydrogens (tertiary/aromatic N) is 5. The first-order valence-electron chi connectivity index (χ1n) is 14.1. The maximum Gasteiger partial charge on any atom is 0.216 e. The van der Waals surface area contributed by atoms with Gasteiger partial charge in [0.05, 0.1) is 35.4 Å². The minimum atomic E-state index is 0.116. The van der Waals surface area contributed by atoms with E-state index in [0.717, 1.165) is 35.4 Å². The van der Waals surface area contributed by atoms with Gasteiger partial charge in [0, 0.05) is 20.1 Å². The van der Waals surface area contributed by atoms with Crippen LogP contribution in [0.4, 0.5) is 0 Å². The number of hydrazine groups is 2. The van der Waals surface area contributed by atoms with Crippen LogP contribution in [-0.2, 0) is 13.1 Å². The average Bonchev–Trinajstić information content (AvgIpc) is 2.97. The predicted molar refractivity (Wildman–Crippen MR) is 164 cm³/mol.